The zero-order valence-electron chi connectivity index (χ0n) is 24.1. The van der Waals surface area contributed by atoms with Crippen molar-refractivity contribution in [3.05, 3.63) is 94.0 Å². The van der Waals surface area contributed by atoms with Gasteiger partial charge in [0.15, 0.2) is 0 Å². The van der Waals surface area contributed by atoms with Gasteiger partial charge in [-0.3, -0.25) is 0 Å². The molecular weight excluding hydrogens is 434 g/mol. The van der Waals surface area contributed by atoms with Crippen molar-refractivity contribution in [2.75, 3.05) is 0 Å². The summed E-state index contributed by atoms with van der Waals surface area (Å²) < 4.78 is 2.44. The van der Waals surface area contributed by atoms with Gasteiger partial charge < -0.3 is 4.58 Å². The molecule has 1 aliphatic rings. The Kier molecular flexibility index (Phi) is 7.33. The highest BCUT2D eigenvalue weighted by atomic mass is 15.0. The Labute approximate surface area is 220 Å². The van der Waals surface area contributed by atoms with Crippen molar-refractivity contribution in [2.45, 2.75) is 104 Å². The zero-order chi connectivity index (χ0) is 26.4. The minimum atomic E-state index is -0.0908. The van der Waals surface area contributed by atoms with Crippen molar-refractivity contribution in [3.8, 4) is 0 Å². The Balaban J connectivity index is 2.13. The lowest BCUT2D eigenvalue weighted by Gasteiger charge is -2.42. The highest BCUT2D eigenvalue weighted by molar-refractivity contribution is 5.86. The second-order valence-corrected chi connectivity index (χ2v) is 12.4. The van der Waals surface area contributed by atoms with Crippen LogP contribution in [0.1, 0.15) is 132 Å². The normalized spacial score (nSPS) is 17.2. The fourth-order valence-corrected chi connectivity index (χ4v) is 6.05. The van der Waals surface area contributed by atoms with Crippen LogP contribution in [0.3, 0.4) is 0 Å². The van der Waals surface area contributed by atoms with Crippen molar-refractivity contribution in [1.29, 1.82) is 0 Å². The lowest BCUT2D eigenvalue weighted by Crippen LogP contribution is -2.37. The zero-order valence-corrected chi connectivity index (χ0v) is 24.1. The number of nitrogens with zero attached hydrogens (tertiary/aromatic N) is 1. The van der Waals surface area contributed by atoms with Crippen LogP contribution in [-0.4, -0.2) is 6.21 Å². The molecule has 1 aliphatic heterocycles. The highest BCUT2D eigenvalue weighted by Crippen LogP contribution is 2.50. The molecule has 0 fully saturated rings. The quantitative estimate of drug-likeness (QED) is 0.244. The summed E-state index contributed by atoms with van der Waals surface area (Å²) in [5.41, 5.74) is 11.1. The van der Waals surface area contributed by atoms with Crippen molar-refractivity contribution >= 4 is 17.6 Å². The van der Waals surface area contributed by atoms with Gasteiger partial charge in [-0.05, 0) is 68.5 Å². The summed E-state index contributed by atoms with van der Waals surface area (Å²) in [5.74, 6) is 1.90. The van der Waals surface area contributed by atoms with Crippen LogP contribution < -0.4 is 4.58 Å². The van der Waals surface area contributed by atoms with E-state index in [0.29, 0.717) is 23.7 Å². The van der Waals surface area contributed by atoms with Crippen LogP contribution in [0.4, 0.5) is 11.4 Å². The van der Waals surface area contributed by atoms with Gasteiger partial charge in [-0.15, -0.1) is 0 Å². The maximum Gasteiger partial charge on any atom is 0.112 e. The third-order valence-corrected chi connectivity index (χ3v) is 8.09. The van der Waals surface area contributed by atoms with Gasteiger partial charge in [0, 0.05) is 5.92 Å². The van der Waals surface area contributed by atoms with Gasteiger partial charge in [-0.1, -0.05) is 124 Å². The molecule has 0 aliphatic carbocycles. The summed E-state index contributed by atoms with van der Waals surface area (Å²) in [4.78, 5) is 0. The molecule has 1 heteroatoms. The molecule has 3 aromatic carbocycles. The molecule has 0 spiro atoms. The molecule has 36 heavy (non-hydrogen) atoms. The van der Waals surface area contributed by atoms with Crippen molar-refractivity contribution in [3.63, 3.8) is 0 Å². The summed E-state index contributed by atoms with van der Waals surface area (Å²) in [6.45, 7) is 23.4. The minimum Gasteiger partial charge on any atom is -0.323 e. The van der Waals surface area contributed by atoms with Crippen LogP contribution in [0.15, 0.2) is 60.7 Å². The van der Waals surface area contributed by atoms with Gasteiger partial charge in [0.05, 0.1) is 0 Å². The first-order chi connectivity index (χ1) is 17.0. The molecule has 1 nitrogen and oxygen atoms in total. The second kappa shape index (κ2) is 10.0. The van der Waals surface area contributed by atoms with E-state index in [4.69, 9.17) is 0 Å². The summed E-state index contributed by atoms with van der Waals surface area (Å²) in [5, 5.41) is 0. The van der Waals surface area contributed by atoms with E-state index in [2.05, 4.69) is 141 Å². The van der Waals surface area contributed by atoms with Crippen molar-refractivity contribution in [1.82, 2.24) is 4.58 Å². The Morgan fingerprint density at radius 1 is 0.611 bits per heavy atom. The van der Waals surface area contributed by atoms with E-state index in [-0.39, 0.29) is 11.3 Å². The second-order valence-electron chi connectivity index (χ2n) is 12.4. The topological polar surface area (TPSA) is 3.01 Å². The average molecular weight is 480 g/mol. The number of benzene rings is 3. The first-order valence-electron chi connectivity index (χ1n) is 13.9. The van der Waals surface area contributed by atoms with E-state index in [0.717, 1.165) is 0 Å². The third-order valence-electron chi connectivity index (χ3n) is 8.09. The number of fused-ring (bicyclic) bond motifs is 1. The SMILES string of the molecule is CC(C)c1cccc(C(C)C)c1C1[C-]=[N+](c2c(C(C)C)cccc2C(C)C)c2ccccc2C1(C)C. The van der Waals surface area contributed by atoms with E-state index in [9.17, 15) is 0 Å². The molecule has 0 radical (unpaired) electrons. The Bertz CT molecular complexity index is 1220. The predicted octanol–water partition coefficient (Wildman–Crippen LogP) is 10.0. The monoisotopic (exact) mass is 479 g/mol. The molecule has 4 rings (SSSR count). The van der Waals surface area contributed by atoms with Gasteiger partial charge in [0.2, 0.25) is 0 Å². The fourth-order valence-electron chi connectivity index (χ4n) is 6.05. The minimum absolute atomic E-state index is 0.0908. The first kappa shape index (κ1) is 26.4. The molecule has 0 bridgehead atoms. The molecule has 3 aromatic rings. The van der Waals surface area contributed by atoms with E-state index >= 15 is 0 Å². The smallest absolute Gasteiger partial charge is 0.112 e. The van der Waals surface area contributed by atoms with Gasteiger partial charge in [0.25, 0.3) is 0 Å². The van der Waals surface area contributed by atoms with Crippen LogP contribution in [0.5, 0.6) is 0 Å². The maximum absolute atomic E-state index is 4.15. The van der Waals surface area contributed by atoms with Gasteiger partial charge >= 0.3 is 0 Å². The first-order valence-corrected chi connectivity index (χ1v) is 13.9. The Morgan fingerprint density at radius 3 is 1.53 bits per heavy atom. The van der Waals surface area contributed by atoms with Crippen molar-refractivity contribution < 1.29 is 0 Å². The number of rotatable bonds is 6. The van der Waals surface area contributed by atoms with Crippen molar-refractivity contribution in [2.24, 2.45) is 0 Å². The molecule has 1 heterocycles. The van der Waals surface area contributed by atoms with Crippen LogP contribution in [0.25, 0.3) is 0 Å². The molecule has 1 atom stereocenters. The maximum atomic E-state index is 4.15. The molecule has 0 amide bonds. The molecule has 190 valence electrons. The van der Waals surface area contributed by atoms with E-state index < -0.39 is 0 Å². The lowest BCUT2D eigenvalue weighted by molar-refractivity contribution is 0.473. The van der Waals surface area contributed by atoms with Gasteiger partial charge in [-0.2, -0.15) is 0 Å². The number of hydrogen-bond acceptors (Lipinski definition) is 0. The molecular formula is C35H45N. The summed E-state index contributed by atoms with van der Waals surface area (Å²) in [6.07, 6.45) is 4.15. The summed E-state index contributed by atoms with van der Waals surface area (Å²) >= 11 is 0. The van der Waals surface area contributed by atoms with Crippen LogP contribution in [0, 0.1) is 0 Å². The highest BCUT2D eigenvalue weighted by Gasteiger charge is 2.41. The summed E-state index contributed by atoms with van der Waals surface area (Å²) in [7, 11) is 0. The standard InChI is InChI=1S/C35H45N/c1-22(2)26-15-13-16-27(23(3)4)33(26)31-21-36(32-20-12-11-19-30(32)35(31,9)10)34-28(24(5)6)17-14-18-29(34)25(7)8/h11-20,22-25,31H,1-10H3. The van der Waals surface area contributed by atoms with E-state index in [1.165, 1.54) is 44.8 Å². The molecule has 1 unspecified atom stereocenters. The van der Waals surface area contributed by atoms with Gasteiger partial charge in [0.1, 0.15) is 17.6 Å². The third kappa shape index (κ3) is 4.47. The fraction of sp³-hybridized carbons (Fsp3) is 0.457. The van der Waals surface area contributed by atoms with Crippen LogP contribution in [-0.2, 0) is 5.41 Å². The number of para-hydroxylation sites is 2. The van der Waals surface area contributed by atoms with E-state index in [1.807, 2.05) is 0 Å². The lowest BCUT2D eigenvalue weighted by atomic mass is 9.65. The molecule has 0 N–H and O–H groups in total. The van der Waals surface area contributed by atoms with E-state index in [1.54, 1.807) is 0 Å². The Hall–Kier alpha value is -2.67. The molecule has 0 aromatic heterocycles. The number of hydrogen-bond donors (Lipinski definition) is 0. The Morgan fingerprint density at radius 2 is 1.06 bits per heavy atom. The molecule has 0 saturated heterocycles. The summed E-state index contributed by atoms with van der Waals surface area (Å²) in [6, 6.07) is 22.8. The average Bonchev–Trinajstić information content (AvgIpc) is 2.83. The largest absolute Gasteiger partial charge is 0.323 e. The van der Waals surface area contributed by atoms with Crippen LogP contribution >= 0.6 is 0 Å². The van der Waals surface area contributed by atoms with Gasteiger partial charge in [-0.25, -0.2) is 0 Å². The van der Waals surface area contributed by atoms with Crippen LogP contribution in [0.2, 0.25) is 0 Å². The molecule has 0 saturated carbocycles. The predicted molar refractivity (Wildman–Crippen MR) is 158 cm³/mol.